The summed E-state index contributed by atoms with van der Waals surface area (Å²) in [4.78, 5) is 13.9. The number of carbonyl (C=O) groups excluding carboxylic acids is 1. The molecule has 132 valence electrons. The molecule has 0 radical (unpaired) electrons. The lowest BCUT2D eigenvalue weighted by Gasteiger charge is -2.11. The molecule has 0 spiro atoms. The Balaban J connectivity index is 1.85. The molecule has 0 heterocycles. The Morgan fingerprint density at radius 1 is 1.08 bits per heavy atom. The van der Waals surface area contributed by atoms with Gasteiger partial charge in [0.2, 0.25) is 0 Å². The number of carbonyl (C=O) groups is 1. The van der Waals surface area contributed by atoms with Crippen LogP contribution < -0.4 is 15.6 Å². The van der Waals surface area contributed by atoms with Crippen LogP contribution in [-0.2, 0) is 4.79 Å². The van der Waals surface area contributed by atoms with Crippen LogP contribution in [0.4, 0.5) is 11.4 Å². The fourth-order valence-corrected chi connectivity index (χ4v) is 3.39. The lowest BCUT2D eigenvalue weighted by molar-refractivity contribution is -0.119. The lowest BCUT2D eigenvalue weighted by atomic mass is 10.2. The van der Waals surface area contributed by atoms with Crippen molar-refractivity contribution in [2.45, 2.75) is 0 Å². The first-order chi connectivity index (χ1) is 11.9. The Bertz CT molecular complexity index is 776. The van der Waals surface area contributed by atoms with Gasteiger partial charge in [0, 0.05) is 33.2 Å². The number of benzene rings is 2. The highest BCUT2D eigenvalue weighted by atomic mass is 79.9. The first-order valence-corrected chi connectivity index (χ1v) is 9.72. The third kappa shape index (κ3) is 6.13. The van der Waals surface area contributed by atoms with Gasteiger partial charge < -0.3 is 10.2 Å². The van der Waals surface area contributed by atoms with Crippen molar-refractivity contribution in [1.29, 1.82) is 0 Å². The van der Waals surface area contributed by atoms with Gasteiger partial charge >= 0.3 is 0 Å². The summed E-state index contributed by atoms with van der Waals surface area (Å²) in [5, 5.41) is 7.04. The number of anilines is 2. The molecule has 0 saturated heterocycles. The number of nitrogens with one attached hydrogen (secondary N) is 2. The molecular formula is C17H17Br3N4O. The summed E-state index contributed by atoms with van der Waals surface area (Å²) >= 11 is 10.3. The average Bonchev–Trinajstić information content (AvgIpc) is 2.57. The van der Waals surface area contributed by atoms with Gasteiger partial charge in [-0.1, -0.05) is 12.1 Å². The first-order valence-electron chi connectivity index (χ1n) is 7.34. The summed E-state index contributed by atoms with van der Waals surface area (Å²) in [6.45, 7) is 0.115. The van der Waals surface area contributed by atoms with E-state index in [0.717, 1.165) is 30.4 Å². The lowest BCUT2D eigenvalue weighted by Crippen LogP contribution is -2.26. The maximum Gasteiger partial charge on any atom is 0.259 e. The molecule has 1 amide bonds. The van der Waals surface area contributed by atoms with Crippen LogP contribution in [0.3, 0.4) is 0 Å². The molecule has 0 bridgehead atoms. The van der Waals surface area contributed by atoms with E-state index in [1.807, 2.05) is 55.4 Å². The van der Waals surface area contributed by atoms with Crippen molar-refractivity contribution in [2.24, 2.45) is 5.10 Å². The van der Waals surface area contributed by atoms with Crippen molar-refractivity contribution in [1.82, 2.24) is 5.43 Å². The highest BCUT2D eigenvalue weighted by Gasteiger charge is 2.06. The van der Waals surface area contributed by atoms with Gasteiger partial charge in [0.1, 0.15) is 0 Å². The molecule has 0 aliphatic carbocycles. The van der Waals surface area contributed by atoms with Crippen molar-refractivity contribution in [3.63, 3.8) is 0 Å². The molecule has 0 saturated carbocycles. The minimum atomic E-state index is -0.230. The highest BCUT2D eigenvalue weighted by Crippen LogP contribution is 2.32. The third-order valence-electron chi connectivity index (χ3n) is 3.26. The normalized spacial score (nSPS) is 10.8. The standard InChI is InChI=1S/C17H17Br3N4O/c1-24(2)12-5-3-11(4-6-12)9-22-23-17(25)10-21-16-8-14(19)13(18)7-15(16)20/h3-9,21H,10H2,1-2H3,(H,23,25)/b22-9-. The smallest absolute Gasteiger partial charge is 0.259 e. The van der Waals surface area contributed by atoms with Gasteiger partial charge in [-0.3, -0.25) is 4.79 Å². The summed E-state index contributed by atoms with van der Waals surface area (Å²) in [5.41, 5.74) is 5.34. The second-order valence-corrected chi connectivity index (χ2v) is 7.94. The van der Waals surface area contributed by atoms with Crippen LogP contribution in [0.15, 0.2) is 54.9 Å². The zero-order chi connectivity index (χ0) is 18.4. The van der Waals surface area contributed by atoms with Gasteiger partial charge in [-0.25, -0.2) is 5.43 Å². The third-order valence-corrected chi connectivity index (χ3v) is 5.76. The summed E-state index contributed by atoms with van der Waals surface area (Å²) < 4.78 is 2.69. The molecule has 0 aliphatic rings. The number of hydrogen-bond donors (Lipinski definition) is 2. The topological polar surface area (TPSA) is 56.7 Å². The van der Waals surface area contributed by atoms with Gasteiger partial charge in [-0.15, -0.1) is 0 Å². The second-order valence-electron chi connectivity index (χ2n) is 5.38. The number of amides is 1. The largest absolute Gasteiger partial charge is 0.378 e. The van der Waals surface area contributed by atoms with Gasteiger partial charge in [-0.2, -0.15) is 5.10 Å². The number of rotatable bonds is 6. The molecule has 0 atom stereocenters. The van der Waals surface area contributed by atoms with E-state index in [-0.39, 0.29) is 12.5 Å². The Kier molecular flexibility index (Phi) is 7.46. The van der Waals surface area contributed by atoms with Gasteiger partial charge in [-0.05, 0) is 77.6 Å². The van der Waals surface area contributed by atoms with E-state index >= 15 is 0 Å². The number of hydrazone groups is 1. The Hall–Kier alpha value is -1.38. The van der Waals surface area contributed by atoms with Gasteiger partial charge in [0.05, 0.1) is 18.4 Å². The second kappa shape index (κ2) is 9.35. The Morgan fingerprint density at radius 2 is 1.72 bits per heavy atom. The predicted octanol–water partition coefficient (Wildman–Crippen LogP) is 4.60. The van der Waals surface area contributed by atoms with Crippen LogP contribution in [0.1, 0.15) is 5.56 Å². The predicted molar refractivity (Wildman–Crippen MR) is 115 cm³/mol. The highest BCUT2D eigenvalue weighted by molar-refractivity contribution is 9.13. The molecule has 25 heavy (non-hydrogen) atoms. The van der Waals surface area contributed by atoms with Crippen molar-refractivity contribution >= 4 is 71.3 Å². The molecular weight excluding hydrogens is 516 g/mol. The van der Waals surface area contributed by atoms with Crippen molar-refractivity contribution in [3.8, 4) is 0 Å². The van der Waals surface area contributed by atoms with E-state index < -0.39 is 0 Å². The first kappa shape index (κ1) is 19.9. The van der Waals surface area contributed by atoms with Crippen LogP contribution in [0, 0.1) is 0 Å². The fraction of sp³-hybridized carbons (Fsp3) is 0.176. The fourth-order valence-electron chi connectivity index (χ4n) is 1.91. The van der Waals surface area contributed by atoms with Crippen LogP contribution in [0.2, 0.25) is 0 Å². The number of hydrogen-bond acceptors (Lipinski definition) is 4. The van der Waals surface area contributed by atoms with E-state index in [0.29, 0.717) is 0 Å². The molecule has 0 aliphatic heterocycles. The van der Waals surface area contributed by atoms with Crippen molar-refractivity contribution in [2.75, 3.05) is 30.9 Å². The van der Waals surface area contributed by atoms with E-state index in [9.17, 15) is 4.79 Å². The zero-order valence-corrected chi connectivity index (χ0v) is 18.4. The number of nitrogens with zero attached hydrogens (tertiary/aromatic N) is 2. The minimum Gasteiger partial charge on any atom is -0.378 e. The maximum absolute atomic E-state index is 11.9. The Morgan fingerprint density at radius 3 is 2.36 bits per heavy atom. The van der Waals surface area contributed by atoms with E-state index in [2.05, 4.69) is 63.6 Å². The number of halogens is 3. The van der Waals surface area contributed by atoms with Crippen molar-refractivity contribution in [3.05, 3.63) is 55.4 Å². The zero-order valence-electron chi connectivity index (χ0n) is 13.7. The maximum atomic E-state index is 11.9. The van der Waals surface area contributed by atoms with Crippen LogP contribution in [-0.4, -0.2) is 32.8 Å². The molecule has 2 N–H and O–H groups in total. The monoisotopic (exact) mass is 530 g/mol. The van der Waals surface area contributed by atoms with Crippen LogP contribution >= 0.6 is 47.8 Å². The van der Waals surface area contributed by atoms with E-state index in [1.165, 1.54) is 0 Å². The summed E-state index contributed by atoms with van der Waals surface area (Å²) in [5.74, 6) is -0.230. The molecule has 5 nitrogen and oxygen atoms in total. The Labute approximate surface area is 172 Å². The molecule has 0 unspecified atom stereocenters. The molecule has 2 rings (SSSR count). The van der Waals surface area contributed by atoms with Crippen LogP contribution in [0.25, 0.3) is 0 Å². The molecule has 8 heteroatoms. The summed E-state index contributed by atoms with van der Waals surface area (Å²) in [6.07, 6.45) is 1.61. The van der Waals surface area contributed by atoms with E-state index in [4.69, 9.17) is 0 Å². The molecule has 0 fully saturated rings. The minimum absolute atomic E-state index is 0.115. The SMILES string of the molecule is CN(C)c1ccc(/C=N\NC(=O)CNc2cc(Br)c(Br)cc2Br)cc1. The van der Waals surface area contributed by atoms with Gasteiger partial charge in [0.15, 0.2) is 0 Å². The quantitative estimate of drug-likeness (QED) is 0.325. The molecule has 0 aromatic heterocycles. The summed E-state index contributed by atoms with van der Waals surface area (Å²) in [7, 11) is 3.97. The van der Waals surface area contributed by atoms with Crippen LogP contribution in [0.5, 0.6) is 0 Å². The molecule has 2 aromatic carbocycles. The summed E-state index contributed by atoms with van der Waals surface area (Å²) in [6, 6.07) is 11.7. The van der Waals surface area contributed by atoms with E-state index in [1.54, 1.807) is 6.21 Å². The van der Waals surface area contributed by atoms with Gasteiger partial charge in [0.25, 0.3) is 5.91 Å². The average molecular weight is 533 g/mol. The van der Waals surface area contributed by atoms with Crippen molar-refractivity contribution < 1.29 is 4.79 Å². The molecule has 2 aromatic rings.